The van der Waals surface area contributed by atoms with Crippen molar-refractivity contribution in [2.75, 3.05) is 13.6 Å². The van der Waals surface area contributed by atoms with Gasteiger partial charge in [-0.3, -0.25) is 4.90 Å². The van der Waals surface area contributed by atoms with Gasteiger partial charge in [0.2, 0.25) is 5.60 Å². The van der Waals surface area contributed by atoms with Gasteiger partial charge >= 0.3 is 5.97 Å². The Bertz CT molecular complexity index is 731. The van der Waals surface area contributed by atoms with E-state index in [1.165, 1.54) is 0 Å². The minimum absolute atomic E-state index is 0.291. The van der Waals surface area contributed by atoms with Gasteiger partial charge in [-0.25, -0.2) is 4.79 Å². The molecular weight excluding hydrogens is 314 g/mol. The quantitative estimate of drug-likeness (QED) is 0.869. The van der Waals surface area contributed by atoms with E-state index in [0.717, 1.165) is 31.4 Å². The second-order valence-electron chi connectivity index (χ2n) is 6.73. The number of rotatable bonds is 4. The zero-order valence-electron chi connectivity index (χ0n) is 14.8. The standard InChI is InChI=1S/C21H25NO3/c1-16-10-6-7-13-18(16)21(24,17-11-4-3-5-12-17)20(23)25-19-14-8-9-15-22(19)2/h3-7,10-13,19,24H,8-9,14-15H2,1-2H3. The van der Waals surface area contributed by atoms with E-state index >= 15 is 0 Å². The predicted octanol–water partition coefficient (Wildman–Crippen LogP) is 3.22. The van der Waals surface area contributed by atoms with Crippen LogP contribution in [-0.2, 0) is 15.1 Å². The van der Waals surface area contributed by atoms with Crippen LogP contribution >= 0.6 is 0 Å². The first-order chi connectivity index (χ1) is 12.0. The number of likely N-dealkylation sites (tertiary alicyclic amines) is 1. The Kier molecular flexibility index (Phi) is 5.21. The summed E-state index contributed by atoms with van der Waals surface area (Å²) in [6.45, 7) is 2.79. The molecule has 0 radical (unpaired) electrons. The van der Waals surface area contributed by atoms with E-state index in [1.54, 1.807) is 18.2 Å². The van der Waals surface area contributed by atoms with Gasteiger partial charge in [-0.15, -0.1) is 0 Å². The molecule has 1 fully saturated rings. The normalized spacial score (nSPS) is 20.7. The molecule has 0 bridgehead atoms. The Hall–Kier alpha value is -2.17. The van der Waals surface area contributed by atoms with Gasteiger partial charge in [0.1, 0.15) is 0 Å². The van der Waals surface area contributed by atoms with Crippen molar-refractivity contribution in [3.05, 3.63) is 71.3 Å². The summed E-state index contributed by atoms with van der Waals surface area (Å²) >= 11 is 0. The summed E-state index contributed by atoms with van der Waals surface area (Å²) in [5.74, 6) is -0.619. The summed E-state index contributed by atoms with van der Waals surface area (Å²) in [6.07, 6.45) is 2.63. The van der Waals surface area contributed by atoms with E-state index < -0.39 is 11.6 Å². The Morgan fingerprint density at radius 2 is 1.80 bits per heavy atom. The highest BCUT2D eigenvalue weighted by Crippen LogP contribution is 2.34. The largest absolute Gasteiger partial charge is 0.444 e. The number of benzene rings is 2. The lowest BCUT2D eigenvalue weighted by molar-refractivity contribution is -0.179. The van der Waals surface area contributed by atoms with Crippen LogP contribution in [0, 0.1) is 6.92 Å². The first kappa shape index (κ1) is 17.6. The van der Waals surface area contributed by atoms with Crippen LogP contribution < -0.4 is 0 Å². The van der Waals surface area contributed by atoms with Crippen LogP contribution in [0.3, 0.4) is 0 Å². The monoisotopic (exact) mass is 339 g/mol. The molecule has 25 heavy (non-hydrogen) atoms. The maximum atomic E-state index is 13.1. The molecule has 1 heterocycles. The average Bonchev–Trinajstić information content (AvgIpc) is 2.64. The van der Waals surface area contributed by atoms with E-state index in [0.29, 0.717) is 11.1 Å². The summed E-state index contributed by atoms with van der Waals surface area (Å²) in [5.41, 5.74) is 0.116. The van der Waals surface area contributed by atoms with Crippen molar-refractivity contribution in [2.24, 2.45) is 0 Å². The van der Waals surface area contributed by atoms with Crippen molar-refractivity contribution in [2.45, 2.75) is 38.0 Å². The summed E-state index contributed by atoms with van der Waals surface area (Å²) < 4.78 is 5.77. The molecule has 1 N–H and O–H groups in total. The molecule has 1 aliphatic rings. The van der Waals surface area contributed by atoms with Crippen LogP contribution in [0.2, 0.25) is 0 Å². The summed E-state index contributed by atoms with van der Waals surface area (Å²) in [7, 11) is 1.95. The molecule has 0 aliphatic carbocycles. The van der Waals surface area contributed by atoms with E-state index in [2.05, 4.69) is 0 Å². The van der Waals surface area contributed by atoms with Crippen LogP contribution in [0.25, 0.3) is 0 Å². The van der Waals surface area contributed by atoms with Gasteiger partial charge in [-0.05, 0) is 44.4 Å². The highest BCUT2D eigenvalue weighted by Gasteiger charge is 2.44. The smallest absolute Gasteiger partial charge is 0.349 e. The summed E-state index contributed by atoms with van der Waals surface area (Å²) in [4.78, 5) is 15.2. The van der Waals surface area contributed by atoms with E-state index in [4.69, 9.17) is 4.74 Å². The molecule has 0 spiro atoms. The Labute approximate surface area is 149 Å². The number of ether oxygens (including phenoxy) is 1. The fraction of sp³-hybridized carbons (Fsp3) is 0.381. The first-order valence-electron chi connectivity index (χ1n) is 8.79. The number of piperidine rings is 1. The zero-order chi connectivity index (χ0) is 17.9. The molecule has 4 nitrogen and oxygen atoms in total. The molecular formula is C21H25NO3. The molecule has 0 saturated carbocycles. The molecule has 0 amide bonds. The van der Waals surface area contributed by atoms with Crippen LogP contribution in [0.1, 0.15) is 36.0 Å². The number of carbonyl (C=O) groups is 1. The molecule has 3 rings (SSSR count). The molecule has 4 heteroatoms. The molecule has 2 atom stereocenters. The van der Waals surface area contributed by atoms with Crippen LogP contribution in [-0.4, -0.2) is 35.8 Å². The van der Waals surface area contributed by atoms with E-state index in [-0.39, 0.29) is 6.23 Å². The molecule has 132 valence electrons. The minimum Gasteiger partial charge on any atom is -0.444 e. The minimum atomic E-state index is -1.81. The molecule has 2 aromatic carbocycles. The third kappa shape index (κ3) is 3.46. The van der Waals surface area contributed by atoms with Crippen molar-refractivity contribution in [1.29, 1.82) is 0 Å². The molecule has 1 aliphatic heterocycles. The van der Waals surface area contributed by atoms with Gasteiger partial charge < -0.3 is 9.84 Å². The first-order valence-corrected chi connectivity index (χ1v) is 8.79. The van der Waals surface area contributed by atoms with Gasteiger partial charge in [-0.1, -0.05) is 54.6 Å². The van der Waals surface area contributed by atoms with Gasteiger partial charge in [0.15, 0.2) is 6.23 Å². The van der Waals surface area contributed by atoms with Crippen molar-refractivity contribution >= 4 is 5.97 Å². The number of aryl methyl sites for hydroxylation is 1. The molecule has 1 saturated heterocycles. The highest BCUT2D eigenvalue weighted by atomic mass is 16.6. The number of carbonyl (C=O) groups excluding carboxylic acids is 1. The number of hydrogen-bond acceptors (Lipinski definition) is 4. The average molecular weight is 339 g/mol. The summed E-state index contributed by atoms with van der Waals surface area (Å²) in [6, 6.07) is 16.4. The van der Waals surface area contributed by atoms with Crippen LogP contribution in [0.15, 0.2) is 54.6 Å². The van der Waals surface area contributed by atoms with Gasteiger partial charge in [0.05, 0.1) is 0 Å². The third-order valence-corrected chi connectivity index (χ3v) is 4.97. The maximum Gasteiger partial charge on any atom is 0.349 e. The van der Waals surface area contributed by atoms with Gasteiger partial charge in [0, 0.05) is 12.1 Å². The SMILES string of the molecule is Cc1ccccc1C(O)(C(=O)OC1CCCCN1C)c1ccccc1. The lowest BCUT2D eigenvalue weighted by atomic mass is 9.84. The Morgan fingerprint density at radius 1 is 1.12 bits per heavy atom. The maximum absolute atomic E-state index is 13.1. The van der Waals surface area contributed by atoms with Crippen molar-refractivity contribution in [3.63, 3.8) is 0 Å². The lowest BCUT2D eigenvalue weighted by Crippen LogP contribution is -2.46. The number of hydrogen-bond donors (Lipinski definition) is 1. The number of esters is 1. The fourth-order valence-electron chi connectivity index (χ4n) is 3.44. The van der Waals surface area contributed by atoms with Crippen molar-refractivity contribution < 1.29 is 14.6 Å². The van der Waals surface area contributed by atoms with E-state index in [1.807, 2.05) is 55.3 Å². The zero-order valence-corrected chi connectivity index (χ0v) is 14.8. The summed E-state index contributed by atoms with van der Waals surface area (Å²) in [5, 5.41) is 11.5. The Morgan fingerprint density at radius 3 is 2.48 bits per heavy atom. The second-order valence-corrected chi connectivity index (χ2v) is 6.73. The third-order valence-electron chi connectivity index (χ3n) is 4.97. The molecule has 2 aromatic rings. The highest BCUT2D eigenvalue weighted by molar-refractivity contribution is 5.86. The Balaban J connectivity index is 2.00. The van der Waals surface area contributed by atoms with E-state index in [9.17, 15) is 9.90 Å². The lowest BCUT2D eigenvalue weighted by Gasteiger charge is -2.35. The van der Waals surface area contributed by atoms with Crippen LogP contribution in [0.4, 0.5) is 0 Å². The van der Waals surface area contributed by atoms with Crippen molar-refractivity contribution in [3.8, 4) is 0 Å². The van der Waals surface area contributed by atoms with Gasteiger partial charge in [0.25, 0.3) is 0 Å². The topological polar surface area (TPSA) is 49.8 Å². The number of nitrogens with zero attached hydrogens (tertiary/aromatic N) is 1. The number of aliphatic hydroxyl groups is 1. The van der Waals surface area contributed by atoms with Crippen LogP contribution in [0.5, 0.6) is 0 Å². The predicted molar refractivity (Wildman–Crippen MR) is 97.0 cm³/mol. The fourth-order valence-corrected chi connectivity index (χ4v) is 3.44. The second kappa shape index (κ2) is 7.38. The van der Waals surface area contributed by atoms with Crippen molar-refractivity contribution in [1.82, 2.24) is 4.90 Å². The molecule has 0 aromatic heterocycles. The van der Waals surface area contributed by atoms with Gasteiger partial charge in [-0.2, -0.15) is 0 Å². The molecule has 2 unspecified atom stereocenters.